The standard InChI is InChI=1S/C4H7O2.ClH.Mg/c1-2-3-4(5)6;;/h1-3H2,(H,5,6);1H;/q;;+1/p-1. The van der Waals surface area contributed by atoms with Crippen LogP contribution in [0, 0.1) is 0 Å². The molecule has 0 spiro atoms. The van der Waals surface area contributed by atoms with Crippen molar-refractivity contribution in [2.24, 2.45) is 0 Å². The average molecular weight is 147 g/mol. The van der Waals surface area contributed by atoms with Gasteiger partial charge in [-0.3, -0.25) is 4.79 Å². The maximum absolute atomic E-state index is 9.85. The van der Waals surface area contributed by atoms with Gasteiger partial charge in [-0.1, -0.05) is 6.42 Å². The van der Waals surface area contributed by atoms with Crippen LogP contribution in [0.5, 0.6) is 0 Å². The smallest absolute Gasteiger partial charge is 0.481 e. The van der Waals surface area contributed by atoms with Gasteiger partial charge in [0.1, 0.15) is 0 Å². The maximum Gasteiger partial charge on any atom is 0.501 e. The largest absolute Gasteiger partial charge is 0.501 e. The van der Waals surface area contributed by atoms with Gasteiger partial charge in [0.05, 0.1) is 0 Å². The third-order valence-corrected chi connectivity index (χ3v) is 2.34. The van der Waals surface area contributed by atoms with E-state index in [-0.39, 0.29) is 6.42 Å². The van der Waals surface area contributed by atoms with Crippen LogP contribution in [-0.2, 0) is 4.79 Å². The topological polar surface area (TPSA) is 37.3 Å². The third-order valence-electron chi connectivity index (χ3n) is 0.774. The van der Waals surface area contributed by atoms with Crippen molar-refractivity contribution in [3.63, 3.8) is 0 Å². The fourth-order valence-corrected chi connectivity index (χ4v) is 1.38. The Morgan fingerprint density at radius 3 is 2.75 bits per heavy atom. The van der Waals surface area contributed by atoms with Gasteiger partial charge in [0.2, 0.25) is 0 Å². The van der Waals surface area contributed by atoms with E-state index in [1.807, 2.05) is 0 Å². The average Bonchev–Trinajstić information content (AvgIpc) is 1.66. The number of aliphatic carboxylic acids is 1. The van der Waals surface area contributed by atoms with Crippen molar-refractivity contribution < 1.29 is 9.90 Å². The first kappa shape index (κ1) is 8.53. The molecule has 1 N–H and O–H groups in total. The zero-order chi connectivity index (χ0) is 6.41. The lowest BCUT2D eigenvalue weighted by Gasteiger charge is -1.87. The fraction of sp³-hybridized carbons (Fsp3) is 0.750. The van der Waals surface area contributed by atoms with Crippen LogP contribution in [0.25, 0.3) is 0 Å². The molecule has 4 heteroatoms. The highest BCUT2D eigenvalue weighted by atomic mass is 35.5. The lowest BCUT2D eigenvalue weighted by atomic mass is 10.3. The molecule has 8 heavy (non-hydrogen) atoms. The van der Waals surface area contributed by atoms with Gasteiger partial charge in [0.25, 0.3) is 0 Å². The van der Waals surface area contributed by atoms with Gasteiger partial charge in [-0.15, -0.1) is 4.55 Å². The summed E-state index contributed by atoms with van der Waals surface area (Å²) >= 11 is -0.420. The molecule has 44 valence electrons. The zero-order valence-corrected chi connectivity index (χ0v) is 6.73. The lowest BCUT2D eigenvalue weighted by Crippen LogP contribution is -1.93. The molecule has 0 fully saturated rings. The number of carboxylic acid groups (broad SMARTS) is 1. The summed E-state index contributed by atoms with van der Waals surface area (Å²) < 4.78 is 0.938. The predicted molar refractivity (Wildman–Crippen MR) is 33.3 cm³/mol. The molecule has 0 aliphatic carbocycles. The molecule has 0 rings (SSSR count). The summed E-state index contributed by atoms with van der Waals surface area (Å²) in [6.07, 6.45) is 1.03. The van der Waals surface area contributed by atoms with Gasteiger partial charge in [0.15, 0.2) is 0 Å². The minimum atomic E-state index is -0.718. The molecule has 0 bridgehead atoms. The molecule has 0 atom stereocenters. The fourth-order valence-electron chi connectivity index (χ4n) is 0.371. The van der Waals surface area contributed by atoms with Crippen molar-refractivity contribution >= 4 is 34.3 Å². The first-order valence-electron chi connectivity index (χ1n) is 2.55. The summed E-state index contributed by atoms with van der Waals surface area (Å²) in [6, 6.07) is 0. The highest BCUT2D eigenvalue weighted by Crippen LogP contribution is 1.95. The number of carbonyl (C=O) groups is 1. The lowest BCUT2D eigenvalue weighted by molar-refractivity contribution is -0.137. The molecule has 0 amide bonds. The Labute approximate surface area is 61.7 Å². The first-order valence-corrected chi connectivity index (χ1v) is 5.69. The minimum Gasteiger partial charge on any atom is -0.481 e. The Hall–Kier alpha value is 0.526. The predicted octanol–water partition coefficient (Wildman–Crippen LogP) is 1.13. The summed E-state index contributed by atoms with van der Waals surface area (Å²) in [5.41, 5.74) is 0. The third kappa shape index (κ3) is 6.53. The van der Waals surface area contributed by atoms with E-state index >= 15 is 0 Å². The molecule has 0 radical (unpaired) electrons. The van der Waals surface area contributed by atoms with Crippen molar-refractivity contribution in [1.82, 2.24) is 0 Å². The van der Waals surface area contributed by atoms with Crippen LogP contribution >= 0.6 is 9.07 Å². The van der Waals surface area contributed by atoms with E-state index in [2.05, 4.69) is 0 Å². The van der Waals surface area contributed by atoms with E-state index < -0.39 is 25.2 Å². The van der Waals surface area contributed by atoms with E-state index in [0.29, 0.717) is 0 Å². The second-order valence-corrected chi connectivity index (χ2v) is 3.76. The molecule has 2 nitrogen and oxygen atoms in total. The highest BCUT2D eigenvalue weighted by molar-refractivity contribution is 6.93. The molecular formula is C4H7ClMgO2. The van der Waals surface area contributed by atoms with Gasteiger partial charge in [-0.25, -0.2) is 0 Å². The van der Waals surface area contributed by atoms with Crippen molar-refractivity contribution in [3.8, 4) is 0 Å². The SMILES string of the molecule is O=C(O)CC[CH2][Mg][Cl]. The molecule has 0 aromatic heterocycles. The minimum absolute atomic E-state index is 0.278. The Bertz CT molecular complexity index is 76.4. The number of hydrogen-bond donors (Lipinski definition) is 1. The Morgan fingerprint density at radius 1 is 1.75 bits per heavy atom. The molecule has 0 aliphatic rings. The van der Waals surface area contributed by atoms with Crippen LogP contribution in [0.4, 0.5) is 0 Å². The van der Waals surface area contributed by atoms with E-state index in [1.54, 1.807) is 0 Å². The van der Waals surface area contributed by atoms with Gasteiger partial charge >= 0.3 is 25.2 Å². The van der Waals surface area contributed by atoms with Crippen molar-refractivity contribution in [1.29, 1.82) is 0 Å². The molecule has 0 aliphatic heterocycles. The number of halogens is 1. The van der Waals surface area contributed by atoms with Gasteiger partial charge in [-0.2, -0.15) is 0 Å². The molecule has 0 unspecified atom stereocenters. The van der Waals surface area contributed by atoms with Gasteiger partial charge in [-0.05, 0) is 0 Å². The molecule has 0 aromatic carbocycles. The van der Waals surface area contributed by atoms with Crippen molar-refractivity contribution in [3.05, 3.63) is 0 Å². The summed E-state index contributed by atoms with van der Waals surface area (Å²) in [6.45, 7) is 0. The number of rotatable bonds is 4. The van der Waals surface area contributed by atoms with Crippen molar-refractivity contribution in [2.75, 3.05) is 0 Å². The molecular weight excluding hydrogens is 140 g/mol. The monoisotopic (exact) mass is 146 g/mol. The molecule has 0 heterocycles. The molecule has 0 aromatic rings. The normalized spacial score (nSPS) is 8.12. The van der Waals surface area contributed by atoms with Crippen LogP contribution in [0.2, 0.25) is 4.55 Å². The first-order chi connectivity index (χ1) is 3.77. The Kier molecular flexibility index (Phi) is 6.03. The van der Waals surface area contributed by atoms with E-state index in [4.69, 9.17) is 14.2 Å². The Balaban J connectivity index is 2.82. The highest BCUT2D eigenvalue weighted by Gasteiger charge is 1.95. The Morgan fingerprint density at radius 2 is 2.38 bits per heavy atom. The molecule has 0 saturated heterocycles. The summed E-state index contributed by atoms with van der Waals surface area (Å²) in [4.78, 5) is 9.85. The van der Waals surface area contributed by atoms with Gasteiger partial charge < -0.3 is 14.2 Å². The quantitative estimate of drug-likeness (QED) is 0.477. The van der Waals surface area contributed by atoms with Gasteiger partial charge in [0, 0.05) is 6.42 Å². The van der Waals surface area contributed by atoms with Crippen LogP contribution in [0.3, 0.4) is 0 Å². The summed E-state index contributed by atoms with van der Waals surface area (Å²) in [5, 5.41) is 8.11. The summed E-state index contributed by atoms with van der Waals surface area (Å²) in [7, 11) is 5.43. The zero-order valence-electron chi connectivity index (χ0n) is 4.56. The maximum atomic E-state index is 9.85. The van der Waals surface area contributed by atoms with E-state index in [0.717, 1.165) is 11.0 Å². The van der Waals surface area contributed by atoms with E-state index in [1.165, 1.54) is 0 Å². The van der Waals surface area contributed by atoms with Crippen LogP contribution in [-0.4, -0.2) is 30.3 Å². The van der Waals surface area contributed by atoms with Crippen molar-refractivity contribution in [2.45, 2.75) is 17.4 Å². The van der Waals surface area contributed by atoms with Crippen LogP contribution in [0.15, 0.2) is 0 Å². The van der Waals surface area contributed by atoms with E-state index in [9.17, 15) is 4.79 Å². The number of carboxylic acids is 1. The number of hydrogen-bond acceptors (Lipinski definition) is 1. The van der Waals surface area contributed by atoms with Crippen LogP contribution in [0.1, 0.15) is 12.8 Å². The second kappa shape index (κ2) is 5.66. The summed E-state index contributed by atoms with van der Waals surface area (Å²) in [5.74, 6) is -0.718. The van der Waals surface area contributed by atoms with Crippen LogP contribution < -0.4 is 0 Å². The molecule has 0 saturated carbocycles. The second-order valence-electron chi connectivity index (χ2n) is 1.54.